The second-order valence-electron chi connectivity index (χ2n) is 3.76. The largest absolute Gasteiger partial charge is 0.465 e. The van der Waals surface area contributed by atoms with Gasteiger partial charge in [-0.1, -0.05) is 5.57 Å². The molecule has 13 heavy (non-hydrogen) atoms. The van der Waals surface area contributed by atoms with E-state index < -0.39 is 5.41 Å². The van der Waals surface area contributed by atoms with Gasteiger partial charge in [-0.2, -0.15) is 0 Å². The van der Waals surface area contributed by atoms with Crippen LogP contribution in [-0.2, 0) is 14.3 Å². The van der Waals surface area contributed by atoms with Crippen molar-refractivity contribution in [1.29, 1.82) is 0 Å². The van der Waals surface area contributed by atoms with E-state index in [1.54, 1.807) is 6.08 Å². The van der Waals surface area contributed by atoms with E-state index in [0.717, 1.165) is 12.0 Å². The van der Waals surface area contributed by atoms with Crippen molar-refractivity contribution in [3.8, 4) is 0 Å². The molecule has 0 aromatic carbocycles. The Kier molecular flexibility index (Phi) is 1.75. The smallest absolute Gasteiger partial charge is 0.316 e. The molecule has 0 N–H and O–H groups in total. The normalized spacial score (nSPS) is 33.5. The third kappa shape index (κ3) is 1.10. The molecule has 1 heterocycles. The van der Waals surface area contributed by atoms with Crippen molar-refractivity contribution in [2.75, 3.05) is 6.61 Å². The van der Waals surface area contributed by atoms with Crippen LogP contribution in [0.5, 0.6) is 0 Å². The van der Waals surface area contributed by atoms with E-state index in [2.05, 4.69) is 0 Å². The Morgan fingerprint density at radius 2 is 2.15 bits per heavy atom. The van der Waals surface area contributed by atoms with Crippen LogP contribution in [0, 0.1) is 5.41 Å². The van der Waals surface area contributed by atoms with Gasteiger partial charge >= 0.3 is 5.97 Å². The maximum atomic E-state index is 11.5. The van der Waals surface area contributed by atoms with Gasteiger partial charge in [-0.25, -0.2) is 0 Å². The van der Waals surface area contributed by atoms with Crippen molar-refractivity contribution in [3.63, 3.8) is 0 Å². The van der Waals surface area contributed by atoms with Crippen LogP contribution in [0.15, 0.2) is 11.6 Å². The van der Waals surface area contributed by atoms with Crippen LogP contribution < -0.4 is 0 Å². The van der Waals surface area contributed by atoms with Crippen LogP contribution in [-0.4, -0.2) is 18.4 Å². The molecule has 0 radical (unpaired) electrons. The van der Waals surface area contributed by atoms with Crippen LogP contribution in [0.4, 0.5) is 0 Å². The Morgan fingerprint density at radius 1 is 1.38 bits per heavy atom. The Morgan fingerprint density at radius 3 is 2.69 bits per heavy atom. The van der Waals surface area contributed by atoms with Gasteiger partial charge in [-0.3, -0.25) is 9.59 Å². The number of ether oxygens (including phenoxy) is 1. The van der Waals surface area contributed by atoms with E-state index in [0.29, 0.717) is 19.4 Å². The van der Waals surface area contributed by atoms with E-state index >= 15 is 0 Å². The molecule has 0 bridgehead atoms. The second kappa shape index (κ2) is 2.69. The summed E-state index contributed by atoms with van der Waals surface area (Å²) in [6, 6.07) is 0. The fourth-order valence-corrected chi connectivity index (χ4v) is 2.13. The molecule has 1 atom stereocenters. The molecular formula is C10H12O3. The summed E-state index contributed by atoms with van der Waals surface area (Å²) >= 11 is 0. The number of ketones is 1. The molecule has 1 unspecified atom stereocenters. The summed E-state index contributed by atoms with van der Waals surface area (Å²) in [4.78, 5) is 22.6. The minimum atomic E-state index is -0.450. The summed E-state index contributed by atoms with van der Waals surface area (Å²) in [5.74, 6) is -0.0171. The number of rotatable bonds is 0. The highest BCUT2D eigenvalue weighted by molar-refractivity contribution is 5.95. The fourth-order valence-electron chi connectivity index (χ4n) is 2.13. The summed E-state index contributed by atoms with van der Waals surface area (Å²) in [6.45, 7) is 2.35. The predicted molar refractivity (Wildman–Crippen MR) is 46.0 cm³/mol. The average Bonchev–Trinajstić information content (AvgIpc) is 2.43. The van der Waals surface area contributed by atoms with E-state index in [1.165, 1.54) is 0 Å². The van der Waals surface area contributed by atoms with Gasteiger partial charge in [-0.15, -0.1) is 0 Å². The monoisotopic (exact) mass is 180 g/mol. The van der Waals surface area contributed by atoms with Crippen molar-refractivity contribution in [3.05, 3.63) is 11.6 Å². The summed E-state index contributed by atoms with van der Waals surface area (Å²) in [7, 11) is 0. The average molecular weight is 180 g/mol. The highest BCUT2D eigenvalue weighted by atomic mass is 16.5. The molecule has 1 aliphatic heterocycles. The van der Waals surface area contributed by atoms with Gasteiger partial charge in [0.05, 0.1) is 12.0 Å². The number of hydrogen-bond donors (Lipinski definition) is 0. The van der Waals surface area contributed by atoms with Crippen molar-refractivity contribution in [2.45, 2.75) is 26.2 Å². The molecular weight excluding hydrogens is 168 g/mol. The van der Waals surface area contributed by atoms with Gasteiger partial charge in [0.1, 0.15) is 0 Å². The quantitative estimate of drug-likeness (QED) is 0.526. The predicted octanol–water partition coefficient (Wildman–Crippen LogP) is 1.23. The Labute approximate surface area is 76.8 Å². The van der Waals surface area contributed by atoms with Crippen LogP contribution in [0.2, 0.25) is 0 Å². The molecule has 2 aliphatic rings. The summed E-state index contributed by atoms with van der Waals surface area (Å²) < 4.78 is 4.96. The Hall–Kier alpha value is -1.12. The minimum absolute atomic E-state index is 0.128. The van der Waals surface area contributed by atoms with Crippen molar-refractivity contribution in [1.82, 2.24) is 0 Å². The first-order valence-electron chi connectivity index (χ1n) is 4.54. The van der Waals surface area contributed by atoms with Crippen LogP contribution >= 0.6 is 0 Å². The molecule has 0 aromatic heterocycles. The molecule has 3 nitrogen and oxygen atoms in total. The van der Waals surface area contributed by atoms with Gasteiger partial charge < -0.3 is 4.74 Å². The highest BCUT2D eigenvalue weighted by Gasteiger charge is 2.47. The number of carbonyl (C=O) groups is 2. The van der Waals surface area contributed by atoms with Gasteiger partial charge in [-0.05, 0) is 19.4 Å². The molecule has 0 aromatic rings. The topological polar surface area (TPSA) is 43.4 Å². The summed E-state index contributed by atoms with van der Waals surface area (Å²) in [5.41, 5.74) is 0.430. The fraction of sp³-hybridized carbons (Fsp3) is 0.600. The number of allylic oxidation sites excluding steroid dienone is 1. The Bertz CT molecular complexity index is 303. The van der Waals surface area contributed by atoms with Gasteiger partial charge in [0, 0.05) is 12.8 Å². The first-order chi connectivity index (χ1) is 6.15. The number of hydrogen-bond acceptors (Lipinski definition) is 3. The zero-order valence-corrected chi connectivity index (χ0v) is 7.63. The molecule has 1 fully saturated rings. The lowest BCUT2D eigenvalue weighted by atomic mass is 9.72. The molecule has 2 rings (SSSR count). The van der Waals surface area contributed by atoms with E-state index in [-0.39, 0.29) is 11.8 Å². The molecule has 3 heteroatoms. The molecule has 0 amide bonds. The van der Waals surface area contributed by atoms with Gasteiger partial charge in [0.15, 0.2) is 5.78 Å². The lowest BCUT2D eigenvalue weighted by molar-refractivity contribution is -0.145. The first kappa shape index (κ1) is 8.48. The van der Waals surface area contributed by atoms with E-state index in [4.69, 9.17) is 4.74 Å². The minimum Gasteiger partial charge on any atom is -0.465 e. The molecule has 1 spiro atoms. The maximum absolute atomic E-state index is 11.5. The molecule has 70 valence electrons. The zero-order valence-electron chi connectivity index (χ0n) is 7.63. The third-order valence-corrected chi connectivity index (χ3v) is 3.08. The van der Waals surface area contributed by atoms with Crippen LogP contribution in [0.25, 0.3) is 0 Å². The number of esters is 1. The lowest BCUT2D eigenvalue weighted by Crippen LogP contribution is -2.31. The SMILES string of the molecule is CC1=CC(=O)CCC12CCOC2=O. The van der Waals surface area contributed by atoms with Gasteiger partial charge in [0.25, 0.3) is 0 Å². The third-order valence-electron chi connectivity index (χ3n) is 3.08. The van der Waals surface area contributed by atoms with E-state index in [9.17, 15) is 9.59 Å². The van der Waals surface area contributed by atoms with Gasteiger partial charge in [0.2, 0.25) is 0 Å². The lowest BCUT2D eigenvalue weighted by Gasteiger charge is -2.28. The molecule has 0 saturated carbocycles. The van der Waals surface area contributed by atoms with Crippen LogP contribution in [0.3, 0.4) is 0 Å². The number of carbonyl (C=O) groups excluding carboxylic acids is 2. The summed E-state index contributed by atoms with van der Waals surface area (Å²) in [6.07, 6.45) is 3.44. The standard InChI is InChI=1S/C10H12O3/c1-7-6-8(11)2-3-10(7)4-5-13-9(10)12/h6H,2-5H2,1H3. The first-order valence-corrected chi connectivity index (χ1v) is 4.54. The maximum Gasteiger partial charge on any atom is 0.316 e. The molecule has 1 aliphatic carbocycles. The molecule has 1 saturated heterocycles. The summed E-state index contributed by atoms with van der Waals surface area (Å²) in [5, 5.41) is 0. The van der Waals surface area contributed by atoms with E-state index in [1.807, 2.05) is 6.92 Å². The second-order valence-corrected chi connectivity index (χ2v) is 3.76. The van der Waals surface area contributed by atoms with Crippen molar-refractivity contribution in [2.24, 2.45) is 5.41 Å². The zero-order chi connectivity index (χ0) is 9.47. The van der Waals surface area contributed by atoms with Crippen molar-refractivity contribution >= 4 is 11.8 Å². The van der Waals surface area contributed by atoms with Crippen molar-refractivity contribution < 1.29 is 14.3 Å². The number of cyclic esters (lactones) is 1. The Balaban J connectivity index is 2.38. The van der Waals surface area contributed by atoms with Crippen LogP contribution in [0.1, 0.15) is 26.2 Å². The highest BCUT2D eigenvalue weighted by Crippen LogP contribution is 2.43.